The molecule has 0 radical (unpaired) electrons. The second kappa shape index (κ2) is 3.88. The average molecular weight is 292 g/mol. The van der Waals surface area contributed by atoms with Crippen LogP contribution in [0.5, 0.6) is 0 Å². The number of nitrogen functional groups attached to an aromatic ring is 1. The van der Waals surface area contributed by atoms with E-state index in [4.69, 9.17) is 5.73 Å². The Hall–Kier alpha value is -1.29. The molecule has 1 heterocycles. The van der Waals surface area contributed by atoms with E-state index in [0.717, 1.165) is 15.9 Å². The van der Waals surface area contributed by atoms with Gasteiger partial charge in [-0.1, -0.05) is 6.07 Å². The summed E-state index contributed by atoms with van der Waals surface area (Å²) in [7, 11) is 0. The van der Waals surface area contributed by atoms with E-state index in [9.17, 15) is 0 Å². The maximum absolute atomic E-state index is 6.03. The third-order valence-electron chi connectivity index (χ3n) is 3.08. The Kier molecular flexibility index (Phi) is 2.47. The molecule has 1 aliphatic rings. The fourth-order valence-electron chi connectivity index (χ4n) is 1.97. The topological polar surface area (TPSA) is 43.8 Å². The first-order valence-corrected chi connectivity index (χ1v) is 6.56. The smallest absolute Gasteiger partial charge is 0.127 e. The van der Waals surface area contributed by atoms with E-state index in [0.29, 0.717) is 11.7 Å². The van der Waals surface area contributed by atoms with E-state index >= 15 is 0 Å². The van der Waals surface area contributed by atoms with Crippen LogP contribution in [0.4, 0.5) is 5.82 Å². The van der Waals surface area contributed by atoms with Crippen LogP contribution in [0.25, 0.3) is 5.69 Å². The van der Waals surface area contributed by atoms with Crippen molar-refractivity contribution < 1.29 is 0 Å². The molecule has 1 saturated carbocycles. The lowest BCUT2D eigenvalue weighted by Gasteiger charge is -2.07. The third-order valence-corrected chi connectivity index (χ3v) is 3.72. The molecule has 0 amide bonds. The maximum atomic E-state index is 6.03. The van der Waals surface area contributed by atoms with Gasteiger partial charge in [-0.3, -0.25) is 0 Å². The molecule has 1 aromatic heterocycles. The molecule has 1 aliphatic carbocycles. The van der Waals surface area contributed by atoms with Crippen LogP contribution in [0.3, 0.4) is 0 Å². The zero-order valence-electron chi connectivity index (χ0n) is 9.65. The highest BCUT2D eigenvalue weighted by Gasteiger charge is 2.27. The van der Waals surface area contributed by atoms with Crippen LogP contribution in [0.1, 0.15) is 30.0 Å². The minimum absolute atomic E-state index is 0.628. The molecule has 0 saturated heterocycles. The zero-order valence-corrected chi connectivity index (χ0v) is 11.2. The van der Waals surface area contributed by atoms with Crippen molar-refractivity contribution in [2.45, 2.75) is 25.7 Å². The summed E-state index contributed by atoms with van der Waals surface area (Å²) in [6, 6.07) is 8.18. The van der Waals surface area contributed by atoms with Crippen molar-refractivity contribution in [1.82, 2.24) is 9.78 Å². The van der Waals surface area contributed by atoms with Crippen LogP contribution in [-0.2, 0) is 0 Å². The molecule has 2 N–H and O–H groups in total. The van der Waals surface area contributed by atoms with Crippen molar-refractivity contribution in [2.24, 2.45) is 0 Å². The molecule has 17 heavy (non-hydrogen) atoms. The Balaban J connectivity index is 2.07. The lowest BCUT2D eigenvalue weighted by Crippen LogP contribution is -2.02. The van der Waals surface area contributed by atoms with Crippen LogP contribution in [0.2, 0.25) is 0 Å². The Bertz CT molecular complexity index is 570. The molecule has 4 heteroatoms. The number of nitrogens with two attached hydrogens (primary N) is 1. The highest BCUT2D eigenvalue weighted by molar-refractivity contribution is 9.10. The van der Waals surface area contributed by atoms with Gasteiger partial charge in [0.1, 0.15) is 5.82 Å². The van der Waals surface area contributed by atoms with E-state index < -0.39 is 0 Å². The first-order valence-electron chi connectivity index (χ1n) is 5.77. The van der Waals surface area contributed by atoms with Crippen molar-refractivity contribution in [3.05, 3.63) is 40.0 Å². The number of halogens is 1. The van der Waals surface area contributed by atoms with Gasteiger partial charge in [-0.25, -0.2) is 4.68 Å². The van der Waals surface area contributed by atoms with Crippen LogP contribution >= 0.6 is 15.9 Å². The van der Waals surface area contributed by atoms with Crippen molar-refractivity contribution in [3.8, 4) is 5.69 Å². The van der Waals surface area contributed by atoms with Gasteiger partial charge < -0.3 is 5.73 Å². The van der Waals surface area contributed by atoms with Crippen LogP contribution in [-0.4, -0.2) is 9.78 Å². The van der Waals surface area contributed by atoms with Gasteiger partial charge in [0, 0.05) is 16.5 Å². The second-order valence-corrected chi connectivity index (χ2v) is 5.49. The Labute approximate surface area is 109 Å². The number of benzene rings is 1. The quantitative estimate of drug-likeness (QED) is 0.922. The summed E-state index contributed by atoms with van der Waals surface area (Å²) in [6.07, 6.45) is 2.48. The SMILES string of the molecule is Cc1ccc(-n2nc(C3CC3)cc2N)c(Br)c1. The van der Waals surface area contributed by atoms with E-state index in [1.807, 2.05) is 16.8 Å². The van der Waals surface area contributed by atoms with Crippen molar-refractivity contribution in [1.29, 1.82) is 0 Å². The number of rotatable bonds is 2. The zero-order chi connectivity index (χ0) is 12.0. The summed E-state index contributed by atoms with van der Waals surface area (Å²) in [4.78, 5) is 0. The molecule has 3 nitrogen and oxygen atoms in total. The summed E-state index contributed by atoms with van der Waals surface area (Å²) in [6.45, 7) is 2.07. The number of hydrogen-bond donors (Lipinski definition) is 1. The van der Waals surface area contributed by atoms with Gasteiger partial charge in [0.05, 0.1) is 11.4 Å². The van der Waals surface area contributed by atoms with Crippen molar-refractivity contribution in [3.63, 3.8) is 0 Å². The van der Waals surface area contributed by atoms with E-state index in [-0.39, 0.29) is 0 Å². The Morgan fingerprint density at radius 1 is 1.35 bits per heavy atom. The van der Waals surface area contributed by atoms with Crippen molar-refractivity contribution in [2.75, 3.05) is 5.73 Å². The second-order valence-electron chi connectivity index (χ2n) is 4.64. The minimum atomic E-state index is 0.628. The summed E-state index contributed by atoms with van der Waals surface area (Å²) in [5, 5.41) is 4.59. The van der Waals surface area contributed by atoms with Gasteiger partial charge in [0.15, 0.2) is 0 Å². The molecule has 1 aromatic carbocycles. The standard InChI is InChI=1S/C13H14BrN3/c1-8-2-5-12(10(14)6-8)17-13(15)7-11(16-17)9-3-4-9/h2,5-7,9H,3-4,15H2,1H3. The lowest BCUT2D eigenvalue weighted by molar-refractivity contribution is 0.841. The molecular weight excluding hydrogens is 278 g/mol. The molecule has 88 valence electrons. The van der Waals surface area contributed by atoms with Gasteiger partial charge in [0.25, 0.3) is 0 Å². The van der Waals surface area contributed by atoms with Gasteiger partial charge in [-0.15, -0.1) is 0 Å². The summed E-state index contributed by atoms with van der Waals surface area (Å²) in [5.74, 6) is 1.33. The molecule has 2 aromatic rings. The van der Waals surface area contributed by atoms with E-state index in [2.05, 4.69) is 40.1 Å². The fourth-order valence-corrected chi connectivity index (χ4v) is 2.63. The van der Waals surface area contributed by atoms with E-state index in [1.54, 1.807) is 0 Å². The fraction of sp³-hybridized carbons (Fsp3) is 0.308. The third kappa shape index (κ3) is 1.97. The van der Waals surface area contributed by atoms with E-state index in [1.165, 1.54) is 18.4 Å². The molecule has 0 aliphatic heterocycles. The van der Waals surface area contributed by atoms with Crippen LogP contribution < -0.4 is 5.73 Å². The summed E-state index contributed by atoms with van der Waals surface area (Å²) in [5.41, 5.74) is 9.36. The van der Waals surface area contributed by atoms with Crippen LogP contribution in [0, 0.1) is 6.92 Å². The molecule has 0 unspecified atom stereocenters. The Morgan fingerprint density at radius 2 is 2.12 bits per heavy atom. The largest absolute Gasteiger partial charge is 0.384 e. The summed E-state index contributed by atoms with van der Waals surface area (Å²) < 4.78 is 2.84. The highest BCUT2D eigenvalue weighted by Crippen LogP contribution is 2.40. The van der Waals surface area contributed by atoms with Gasteiger partial charge in [-0.2, -0.15) is 5.10 Å². The van der Waals surface area contributed by atoms with Gasteiger partial charge >= 0.3 is 0 Å². The monoisotopic (exact) mass is 291 g/mol. The number of hydrogen-bond acceptors (Lipinski definition) is 2. The average Bonchev–Trinajstić information content (AvgIpc) is 3.04. The molecule has 0 atom stereocenters. The molecule has 0 bridgehead atoms. The normalized spacial score (nSPS) is 15.2. The number of aromatic nitrogens is 2. The first kappa shape index (κ1) is 10.8. The van der Waals surface area contributed by atoms with Gasteiger partial charge in [0.2, 0.25) is 0 Å². The summed E-state index contributed by atoms with van der Waals surface area (Å²) >= 11 is 3.56. The minimum Gasteiger partial charge on any atom is -0.384 e. The number of aryl methyl sites for hydroxylation is 1. The number of anilines is 1. The maximum Gasteiger partial charge on any atom is 0.127 e. The molecule has 1 fully saturated rings. The van der Waals surface area contributed by atoms with Crippen molar-refractivity contribution >= 4 is 21.7 Å². The van der Waals surface area contributed by atoms with Crippen LogP contribution in [0.15, 0.2) is 28.7 Å². The predicted octanol–water partition coefficient (Wildman–Crippen LogP) is 3.40. The molecule has 0 spiro atoms. The predicted molar refractivity (Wildman–Crippen MR) is 72.4 cm³/mol. The van der Waals surface area contributed by atoms with Gasteiger partial charge in [-0.05, 0) is 53.4 Å². The molecule has 3 rings (SSSR count). The lowest BCUT2D eigenvalue weighted by atomic mass is 10.2. The first-order chi connectivity index (χ1) is 8.15. The Morgan fingerprint density at radius 3 is 2.76 bits per heavy atom. The highest BCUT2D eigenvalue weighted by atomic mass is 79.9. The molecular formula is C13H14BrN3. The number of nitrogens with zero attached hydrogens (tertiary/aromatic N) is 2.